The Morgan fingerprint density at radius 2 is 1.92 bits per heavy atom. The molecular formula is C17H17FN2O3S2. The lowest BCUT2D eigenvalue weighted by Crippen LogP contribution is -2.31. The zero-order valence-electron chi connectivity index (χ0n) is 13.5. The molecule has 2 aromatic rings. The van der Waals surface area contributed by atoms with Crippen molar-refractivity contribution in [3.8, 4) is 0 Å². The first-order chi connectivity index (χ1) is 11.9. The summed E-state index contributed by atoms with van der Waals surface area (Å²) in [7, 11) is -2.21. The van der Waals surface area contributed by atoms with E-state index in [4.69, 9.17) is 0 Å². The Morgan fingerprint density at radius 3 is 2.60 bits per heavy atom. The fourth-order valence-corrected chi connectivity index (χ4v) is 4.55. The molecule has 25 heavy (non-hydrogen) atoms. The van der Waals surface area contributed by atoms with Crippen molar-refractivity contribution in [3.63, 3.8) is 0 Å². The average molecular weight is 380 g/mol. The molecule has 8 heteroatoms. The summed E-state index contributed by atoms with van der Waals surface area (Å²) in [6.45, 7) is 0. The molecule has 1 amide bonds. The molecule has 0 radical (unpaired) electrons. The lowest BCUT2D eigenvalue weighted by atomic mass is 10.0. The highest BCUT2D eigenvalue weighted by atomic mass is 32.2. The van der Waals surface area contributed by atoms with E-state index in [1.54, 1.807) is 6.07 Å². The summed E-state index contributed by atoms with van der Waals surface area (Å²) < 4.78 is 39.6. The number of hydrogen-bond acceptors (Lipinski definition) is 4. The molecule has 3 rings (SSSR count). The Morgan fingerprint density at radius 1 is 1.20 bits per heavy atom. The number of halogens is 1. The predicted molar refractivity (Wildman–Crippen MR) is 94.6 cm³/mol. The number of fused-ring (bicyclic) bond motifs is 1. The van der Waals surface area contributed by atoms with Gasteiger partial charge in [0.25, 0.3) is 5.91 Å². The van der Waals surface area contributed by atoms with Crippen LogP contribution >= 0.6 is 11.8 Å². The summed E-state index contributed by atoms with van der Waals surface area (Å²) in [6, 6.07) is 10.3. The van der Waals surface area contributed by atoms with Crippen molar-refractivity contribution in [2.75, 3.05) is 12.8 Å². The van der Waals surface area contributed by atoms with Crippen LogP contribution in [0.1, 0.15) is 28.4 Å². The molecule has 1 atom stereocenters. The van der Waals surface area contributed by atoms with Crippen LogP contribution in [0.2, 0.25) is 0 Å². The molecule has 2 N–H and O–H groups in total. The van der Waals surface area contributed by atoms with Gasteiger partial charge in [-0.25, -0.2) is 17.5 Å². The van der Waals surface area contributed by atoms with E-state index < -0.39 is 10.0 Å². The monoisotopic (exact) mass is 380 g/mol. The third kappa shape index (κ3) is 3.70. The predicted octanol–water partition coefficient (Wildman–Crippen LogP) is 2.70. The van der Waals surface area contributed by atoms with Gasteiger partial charge in [0.2, 0.25) is 10.0 Å². The van der Waals surface area contributed by atoms with Crippen LogP contribution in [0.5, 0.6) is 0 Å². The SMILES string of the molecule is CNS(=O)(=O)c1ccc(C(=O)NC2CCSc3c(F)cccc32)cc1. The van der Waals surface area contributed by atoms with Crippen molar-refractivity contribution in [2.24, 2.45) is 0 Å². The van der Waals surface area contributed by atoms with Gasteiger partial charge in [-0.2, -0.15) is 0 Å². The fraction of sp³-hybridized carbons (Fsp3) is 0.235. The molecule has 1 unspecified atom stereocenters. The number of carbonyl (C=O) groups is 1. The zero-order valence-corrected chi connectivity index (χ0v) is 15.1. The van der Waals surface area contributed by atoms with Crippen molar-refractivity contribution >= 4 is 27.7 Å². The summed E-state index contributed by atoms with van der Waals surface area (Å²) in [5, 5.41) is 2.91. The molecule has 0 fully saturated rings. The minimum atomic E-state index is -3.54. The highest BCUT2D eigenvalue weighted by Crippen LogP contribution is 2.37. The van der Waals surface area contributed by atoms with Crippen molar-refractivity contribution in [1.29, 1.82) is 0 Å². The lowest BCUT2D eigenvalue weighted by molar-refractivity contribution is 0.0934. The normalized spacial score (nSPS) is 17.0. The van der Waals surface area contributed by atoms with Crippen LogP contribution in [-0.2, 0) is 10.0 Å². The van der Waals surface area contributed by atoms with Gasteiger partial charge in [0.1, 0.15) is 5.82 Å². The van der Waals surface area contributed by atoms with Crippen molar-refractivity contribution in [1.82, 2.24) is 10.0 Å². The maximum atomic E-state index is 13.9. The van der Waals surface area contributed by atoms with E-state index in [1.165, 1.54) is 49.1 Å². The lowest BCUT2D eigenvalue weighted by Gasteiger charge is -2.26. The second-order valence-corrected chi connectivity index (χ2v) is 8.55. The van der Waals surface area contributed by atoms with Crippen LogP contribution in [0.15, 0.2) is 52.3 Å². The number of carbonyl (C=O) groups excluding carboxylic acids is 1. The number of rotatable bonds is 4. The Hall–Kier alpha value is -1.90. The van der Waals surface area contributed by atoms with Crippen molar-refractivity contribution < 1.29 is 17.6 Å². The van der Waals surface area contributed by atoms with E-state index in [2.05, 4.69) is 10.0 Å². The minimum Gasteiger partial charge on any atom is -0.345 e. The van der Waals surface area contributed by atoms with Gasteiger partial charge >= 0.3 is 0 Å². The summed E-state index contributed by atoms with van der Waals surface area (Å²) in [6.07, 6.45) is 0.707. The summed E-state index contributed by atoms with van der Waals surface area (Å²) in [5.41, 5.74) is 1.13. The summed E-state index contributed by atoms with van der Waals surface area (Å²) in [4.78, 5) is 13.1. The fourth-order valence-electron chi connectivity index (χ4n) is 2.68. The van der Waals surface area contributed by atoms with Crippen molar-refractivity contribution in [2.45, 2.75) is 22.3 Å². The molecule has 0 aromatic heterocycles. The standard InChI is InChI=1S/C17H17FN2O3S2/c1-19-25(22,23)12-7-5-11(6-8-12)17(21)20-15-9-10-24-16-13(15)3-2-4-14(16)18/h2-8,15,19H,9-10H2,1H3,(H,20,21). The molecule has 1 aliphatic heterocycles. The summed E-state index contributed by atoms with van der Waals surface area (Å²) >= 11 is 1.45. The molecule has 1 aliphatic rings. The molecule has 132 valence electrons. The molecular weight excluding hydrogens is 363 g/mol. The van der Waals surface area contributed by atoms with Crippen molar-refractivity contribution in [3.05, 3.63) is 59.4 Å². The minimum absolute atomic E-state index is 0.0908. The first-order valence-electron chi connectivity index (χ1n) is 7.68. The Kier molecular flexibility index (Phi) is 5.12. The Labute approximate surface area is 150 Å². The van der Waals surface area contributed by atoms with Crippen LogP contribution in [0, 0.1) is 5.82 Å². The quantitative estimate of drug-likeness (QED) is 0.855. The van der Waals surface area contributed by atoms with Gasteiger partial charge in [0, 0.05) is 16.2 Å². The molecule has 0 bridgehead atoms. The third-order valence-electron chi connectivity index (χ3n) is 4.03. The highest BCUT2D eigenvalue weighted by Gasteiger charge is 2.25. The third-order valence-corrected chi connectivity index (χ3v) is 6.62. The zero-order chi connectivity index (χ0) is 18.0. The second kappa shape index (κ2) is 7.15. The van der Waals surface area contributed by atoms with Crippen LogP contribution in [0.25, 0.3) is 0 Å². The van der Waals surface area contributed by atoms with Gasteiger partial charge in [0.05, 0.1) is 10.9 Å². The first kappa shape index (κ1) is 17.9. The van der Waals surface area contributed by atoms with Gasteiger partial charge in [-0.15, -0.1) is 11.8 Å². The molecule has 0 aliphatic carbocycles. The number of sulfonamides is 1. The largest absolute Gasteiger partial charge is 0.345 e. The molecule has 0 saturated carbocycles. The van der Waals surface area contributed by atoms with Gasteiger partial charge in [0.15, 0.2) is 0 Å². The van der Waals surface area contributed by atoms with E-state index in [9.17, 15) is 17.6 Å². The number of amides is 1. The van der Waals surface area contributed by atoms with Crippen LogP contribution in [0.4, 0.5) is 4.39 Å². The molecule has 0 spiro atoms. The molecule has 1 heterocycles. The number of benzene rings is 2. The van der Waals surface area contributed by atoms with Crippen LogP contribution < -0.4 is 10.0 Å². The Balaban J connectivity index is 1.79. The highest BCUT2D eigenvalue weighted by molar-refractivity contribution is 7.99. The number of hydrogen-bond donors (Lipinski definition) is 2. The van der Waals surface area contributed by atoms with Gasteiger partial charge in [-0.1, -0.05) is 12.1 Å². The van der Waals surface area contributed by atoms with E-state index in [1.807, 2.05) is 6.07 Å². The maximum absolute atomic E-state index is 13.9. The van der Waals surface area contributed by atoms with E-state index >= 15 is 0 Å². The summed E-state index contributed by atoms with van der Waals surface area (Å²) in [5.74, 6) is 0.127. The average Bonchev–Trinajstić information content (AvgIpc) is 2.62. The number of thioether (sulfide) groups is 1. The first-order valence-corrected chi connectivity index (χ1v) is 10.1. The Bertz CT molecular complexity index is 899. The van der Waals surface area contributed by atoms with Crippen LogP contribution in [0.3, 0.4) is 0 Å². The maximum Gasteiger partial charge on any atom is 0.251 e. The van der Waals surface area contributed by atoms with E-state index in [0.29, 0.717) is 16.9 Å². The molecule has 2 aromatic carbocycles. The number of nitrogens with one attached hydrogen (secondary N) is 2. The van der Waals surface area contributed by atoms with E-state index in [-0.39, 0.29) is 22.7 Å². The van der Waals surface area contributed by atoms with Gasteiger partial charge in [-0.3, -0.25) is 4.79 Å². The topological polar surface area (TPSA) is 75.3 Å². The molecule has 5 nitrogen and oxygen atoms in total. The smallest absolute Gasteiger partial charge is 0.251 e. The molecule has 0 saturated heterocycles. The van der Waals surface area contributed by atoms with Gasteiger partial charge in [-0.05, 0) is 49.4 Å². The second-order valence-electron chi connectivity index (χ2n) is 5.55. The van der Waals surface area contributed by atoms with Gasteiger partial charge < -0.3 is 5.32 Å². The van der Waals surface area contributed by atoms with Crippen LogP contribution in [-0.4, -0.2) is 27.1 Å². The van der Waals surface area contributed by atoms with E-state index in [0.717, 1.165) is 11.3 Å².